The Kier molecular flexibility index (Phi) is 6.66. The zero-order valence-electron chi connectivity index (χ0n) is 18.8. The fourth-order valence-corrected chi connectivity index (χ4v) is 4.83. The van der Waals surface area contributed by atoms with Crippen molar-refractivity contribution in [1.29, 1.82) is 0 Å². The van der Waals surface area contributed by atoms with Gasteiger partial charge in [-0.2, -0.15) is 0 Å². The van der Waals surface area contributed by atoms with Crippen LogP contribution >= 0.6 is 0 Å². The summed E-state index contributed by atoms with van der Waals surface area (Å²) in [4.78, 5) is 17.9. The van der Waals surface area contributed by atoms with Gasteiger partial charge in [0.25, 0.3) is 5.91 Å². The number of likely N-dealkylation sites (N-methyl/N-ethyl adjacent to an activating group) is 1. The highest BCUT2D eigenvalue weighted by Crippen LogP contribution is 2.33. The smallest absolute Gasteiger partial charge is 0.255 e. The van der Waals surface area contributed by atoms with Gasteiger partial charge in [0.15, 0.2) is 11.5 Å². The van der Waals surface area contributed by atoms with Crippen molar-refractivity contribution < 1.29 is 14.3 Å². The predicted octanol–water partition coefficient (Wildman–Crippen LogP) is 3.65. The topological polar surface area (TPSA) is 54.0 Å². The van der Waals surface area contributed by atoms with Crippen LogP contribution in [0.25, 0.3) is 0 Å². The maximum Gasteiger partial charge on any atom is 0.255 e. The number of nitrogens with one attached hydrogen (secondary N) is 1. The molecule has 6 nitrogen and oxygen atoms in total. The molecule has 1 N–H and O–H groups in total. The van der Waals surface area contributed by atoms with Gasteiger partial charge in [-0.3, -0.25) is 9.69 Å². The van der Waals surface area contributed by atoms with Gasteiger partial charge >= 0.3 is 0 Å². The number of carbonyl (C=O) groups excluding carboxylic acids is 1. The summed E-state index contributed by atoms with van der Waals surface area (Å²) in [5, 5.41) is 3.17. The number of nitrogens with zero attached hydrogens (tertiary/aromatic N) is 2. The molecular formula is C25H33N3O3. The van der Waals surface area contributed by atoms with E-state index in [1.165, 1.54) is 36.1 Å². The molecule has 0 aromatic heterocycles. The number of hydrogen-bond donors (Lipinski definition) is 1. The van der Waals surface area contributed by atoms with Crippen LogP contribution in [0, 0.1) is 0 Å². The lowest BCUT2D eigenvalue weighted by Crippen LogP contribution is -2.40. The summed E-state index contributed by atoms with van der Waals surface area (Å²) in [6.45, 7) is 3.77. The Morgan fingerprint density at radius 2 is 1.87 bits per heavy atom. The van der Waals surface area contributed by atoms with Crippen molar-refractivity contribution in [3.05, 3.63) is 53.1 Å². The molecule has 0 bridgehead atoms. The number of rotatable bonds is 7. The number of anilines is 1. The van der Waals surface area contributed by atoms with Crippen LogP contribution in [0.4, 0.5) is 5.69 Å². The van der Waals surface area contributed by atoms with Gasteiger partial charge in [0.1, 0.15) is 0 Å². The second-order valence-corrected chi connectivity index (χ2v) is 8.42. The molecule has 1 amide bonds. The summed E-state index contributed by atoms with van der Waals surface area (Å²) in [6.07, 6.45) is 4.79. The summed E-state index contributed by atoms with van der Waals surface area (Å²) >= 11 is 0. The third-order valence-electron chi connectivity index (χ3n) is 6.55. The summed E-state index contributed by atoms with van der Waals surface area (Å²) < 4.78 is 10.8. The van der Waals surface area contributed by atoms with E-state index in [1.54, 1.807) is 26.4 Å². The normalized spacial score (nSPS) is 17.2. The molecular weight excluding hydrogens is 390 g/mol. The average Bonchev–Trinajstić information content (AvgIpc) is 3.19. The zero-order valence-corrected chi connectivity index (χ0v) is 18.8. The monoisotopic (exact) mass is 423 g/mol. The quantitative estimate of drug-likeness (QED) is 0.737. The fraction of sp³-hybridized carbons (Fsp3) is 0.480. The molecule has 6 heteroatoms. The van der Waals surface area contributed by atoms with Crippen LogP contribution in [0.2, 0.25) is 0 Å². The first-order valence-electron chi connectivity index (χ1n) is 11.2. The molecule has 2 aliphatic rings. The molecule has 1 saturated heterocycles. The SMILES string of the molecule is COc1cccc(C(=O)NC[C@H](c2ccc3c(c2)CCN3C)N2CCCCC2)c1OC. The van der Waals surface area contributed by atoms with Gasteiger partial charge in [-0.15, -0.1) is 0 Å². The van der Waals surface area contributed by atoms with Crippen LogP contribution in [0.15, 0.2) is 36.4 Å². The van der Waals surface area contributed by atoms with Crippen molar-refractivity contribution in [1.82, 2.24) is 10.2 Å². The van der Waals surface area contributed by atoms with Crippen molar-refractivity contribution in [2.45, 2.75) is 31.7 Å². The first kappa shape index (κ1) is 21.5. The van der Waals surface area contributed by atoms with E-state index in [0.717, 1.165) is 26.1 Å². The van der Waals surface area contributed by atoms with Gasteiger partial charge in [0.2, 0.25) is 0 Å². The molecule has 0 radical (unpaired) electrons. The number of benzene rings is 2. The number of methoxy groups -OCH3 is 2. The second-order valence-electron chi connectivity index (χ2n) is 8.42. The Bertz CT molecular complexity index is 924. The standard InChI is InChI=1S/C25H33N3O3/c1-27-15-12-19-16-18(10-11-21(19)27)22(28-13-5-4-6-14-28)17-26-25(29)20-8-7-9-23(30-2)24(20)31-3/h7-11,16,22H,4-6,12-15,17H2,1-3H3,(H,26,29)/t22-/m1/s1. The summed E-state index contributed by atoms with van der Waals surface area (Å²) in [5.41, 5.74) is 4.51. The lowest BCUT2D eigenvalue weighted by molar-refractivity contribution is 0.0921. The third-order valence-corrected chi connectivity index (χ3v) is 6.55. The maximum absolute atomic E-state index is 13.1. The van der Waals surface area contributed by atoms with Gasteiger partial charge < -0.3 is 19.7 Å². The van der Waals surface area contributed by atoms with E-state index in [4.69, 9.17) is 9.47 Å². The average molecular weight is 424 g/mol. The minimum atomic E-state index is -0.140. The molecule has 2 aromatic carbocycles. The first-order valence-corrected chi connectivity index (χ1v) is 11.2. The summed E-state index contributed by atoms with van der Waals surface area (Å²) in [6, 6.07) is 12.4. The molecule has 2 heterocycles. The summed E-state index contributed by atoms with van der Waals surface area (Å²) in [7, 11) is 5.29. The van der Waals surface area contributed by atoms with Crippen LogP contribution in [0.5, 0.6) is 11.5 Å². The van der Waals surface area contributed by atoms with Gasteiger partial charge in [0.05, 0.1) is 25.8 Å². The van der Waals surface area contributed by atoms with Crippen LogP contribution in [-0.4, -0.2) is 58.3 Å². The Hall–Kier alpha value is -2.73. The van der Waals surface area contributed by atoms with Gasteiger partial charge in [0, 0.05) is 25.8 Å². The van der Waals surface area contributed by atoms with Crippen molar-refractivity contribution in [3.63, 3.8) is 0 Å². The van der Waals surface area contributed by atoms with Crippen molar-refractivity contribution >= 4 is 11.6 Å². The highest BCUT2D eigenvalue weighted by molar-refractivity contribution is 5.97. The van der Waals surface area contributed by atoms with E-state index < -0.39 is 0 Å². The minimum absolute atomic E-state index is 0.140. The molecule has 31 heavy (non-hydrogen) atoms. The number of carbonyl (C=O) groups is 1. The minimum Gasteiger partial charge on any atom is -0.493 e. The Labute approximate surface area is 185 Å². The molecule has 1 atom stereocenters. The van der Waals surface area contributed by atoms with Crippen molar-refractivity contribution in [2.75, 3.05) is 52.3 Å². The van der Waals surface area contributed by atoms with Crippen molar-refractivity contribution in [3.8, 4) is 11.5 Å². The van der Waals surface area contributed by atoms with Gasteiger partial charge in [-0.1, -0.05) is 24.6 Å². The molecule has 0 aliphatic carbocycles. The highest BCUT2D eigenvalue weighted by Gasteiger charge is 2.26. The van der Waals surface area contributed by atoms with E-state index in [1.807, 2.05) is 6.07 Å². The van der Waals surface area contributed by atoms with Crippen LogP contribution in [-0.2, 0) is 6.42 Å². The van der Waals surface area contributed by atoms with E-state index in [2.05, 4.69) is 40.4 Å². The first-order chi connectivity index (χ1) is 15.1. The van der Waals surface area contributed by atoms with Gasteiger partial charge in [-0.25, -0.2) is 0 Å². The maximum atomic E-state index is 13.1. The lowest BCUT2D eigenvalue weighted by atomic mass is 9.98. The Morgan fingerprint density at radius 3 is 2.61 bits per heavy atom. The fourth-order valence-electron chi connectivity index (χ4n) is 4.83. The molecule has 0 unspecified atom stereocenters. The molecule has 1 fully saturated rings. The third kappa shape index (κ3) is 4.49. The molecule has 0 saturated carbocycles. The van der Waals surface area contributed by atoms with E-state index in [-0.39, 0.29) is 11.9 Å². The number of amides is 1. The van der Waals surface area contributed by atoms with Crippen LogP contribution in [0.3, 0.4) is 0 Å². The molecule has 2 aromatic rings. The molecule has 4 rings (SSSR count). The number of piperidine rings is 1. The zero-order chi connectivity index (χ0) is 21.8. The van der Waals surface area contributed by atoms with Gasteiger partial charge in [-0.05, 0) is 61.7 Å². The van der Waals surface area contributed by atoms with E-state index in [9.17, 15) is 4.79 Å². The lowest BCUT2D eigenvalue weighted by Gasteiger charge is -2.35. The molecule has 0 spiro atoms. The summed E-state index contributed by atoms with van der Waals surface area (Å²) in [5.74, 6) is 0.890. The highest BCUT2D eigenvalue weighted by atomic mass is 16.5. The largest absolute Gasteiger partial charge is 0.493 e. The molecule has 166 valence electrons. The van der Waals surface area contributed by atoms with Crippen LogP contribution < -0.4 is 19.7 Å². The number of likely N-dealkylation sites (tertiary alicyclic amines) is 1. The second kappa shape index (κ2) is 9.60. The Balaban J connectivity index is 1.55. The Morgan fingerprint density at radius 1 is 1.06 bits per heavy atom. The number of para-hydroxylation sites is 1. The van der Waals surface area contributed by atoms with Crippen molar-refractivity contribution in [2.24, 2.45) is 0 Å². The van der Waals surface area contributed by atoms with Crippen LogP contribution in [0.1, 0.15) is 46.8 Å². The van der Waals surface area contributed by atoms with E-state index >= 15 is 0 Å². The molecule has 2 aliphatic heterocycles. The number of hydrogen-bond acceptors (Lipinski definition) is 5. The van der Waals surface area contributed by atoms with E-state index in [0.29, 0.717) is 23.6 Å². The predicted molar refractivity (Wildman–Crippen MR) is 123 cm³/mol. The number of fused-ring (bicyclic) bond motifs is 1. The number of ether oxygens (including phenoxy) is 2.